The first-order valence-electron chi connectivity index (χ1n) is 5.21. The summed E-state index contributed by atoms with van der Waals surface area (Å²) in [7, 11) is 1.67. The molecule has 15 heavy (non-hydrogen) atoms. The molecule has 0 aromatic rings. The number of ether oxygens (including phenoxy) is 1. The molecule has 0 unspecified atom stereocenters. The summed E-state index contributed by atoms with van der Waals surface area (Å²) in [6.45, 7) is 3.33. The monoisotopic (exact) mass is 232 g/mol. The highest BCUT2D eigenvalue weighted by Gasteiger charge is 2.12. The maximum atomic E-state index is 5.47. The van der Waals surface area contributed by atoms with Gasteiger partial charge in [0.05, 0.1) is 13.2 Å². The molecule has 1 saturated heterocycles. The second-order valence-electron chi connectivity index (χ2n) is 3.30. The van der Waals surface area contributed by atoms with Crippen LogP contribution in [-0.4, -0.2) is 55.7 Å². The van der Waals surface area contributed by atoms with Gasteiger partial charge in [0.1, 0.15) is 0 Å². The molecule has 0 bridgehead atoms. The summed E-state index contributed by atoms with van der Waals surface area (Å²) in [5, 5.41) is 0. The zero-order valence-electron chi connectivity index (χ0n) is 9.24. The quantitative estimate of drug-likeness (QED) is 0.234. The molecule has 0 saturated carbocycles. The molecule has 0 spiro atoms. The summed E-state index contributed by atoms with van der Waals surface area (Å²) in [4.78, 5) is 6.57. The lowest BCUT2D eigenvalue weighted by Crippen LogP contribution is -2.46. The number of nitrogens with two attached hydrogens (primary N) is 1. The van der Waals surface area contributed by atoms with Crippen molar-refractivity contribution < 1.29 is 4.74 Å². The smallest absolute Gasteiger partial charge is 0.208 e. The topological polar surface area (TPSA) is 62.9 Å². The summed E-state index contributed by atoms with van der Waals surface area (Å²) in [6, 6.07) is 0. The van der Waals surface area contributed by atoms with E-state index in [0.29, 0.717) is 13.2 Å². The Morgan fingerprint density at radius 2 is 2.40 bits per heavy atom. The lowest BCUT2D eigenvalue weighted by molar-refractivity contribution is 0.207. The van der Waals surface area contributed by atoms with Gasteiger partial charge in [0, 0.05) is 26.0 Å². The predicted octanol–water partition coefficient (Wildman–Crippen LogP) is -0.109. The van der Waals surface area contributed by atoms with Gasteiger partial charge in [-0.15, -0.1) is 0 Å². The highest BCUT2D eigenvalue weighted by atomic mass is 32.2. The number of aliphatic imine (C=N–C) groups is 1. The third-order valence-electron chi connectivity index (χ3n) is 2.21. The largest absolute Gasteiger partial charge is 0.383 e. The van der Waals surface area contributed by atoms with Crippen molar-refractivity contribution in [2.75, 3.05) is 44.9 Å². The van der Waals surface area contributed by atoms with Crippen LogP contribution in [0.25, 0.3) is 0 Å². The van der Waals surface area contributed by atoms with E-state index in [1.807, 2.05) is 11.8 Å². The minimum atomic E-state index is 0.633. The van der Waals surface area contributed by atoms with Crippen molar-refractivity contribution in [1.29, 1.82) is 0 Å². The van der Waals surface area contributed by atoms with Crippen molar-refractivity contribution in [1.82, 2.24) is 10.3 Å². The lowest BCUT2D eigenvalue weighted by atomic mass is 10.4. The second-order valence-corrected chi connectivity index (χ2v) is 4.52. The molecule has 0 atom stereocenters. The van der Waals surface area contributed by atoms with Crippen molar-refractivity contribution in [2.24, 2.45) is 10.8 Å². The first-order chi connectivity index (χ1) is 7.38. The highest BCUT2D eigenvalue weighted by Crippen LogP contribution is 2.09. The van der Waals surface area contributed by atoms with Gasteiger partial charge in [-0.1, -0.05) is 0 Å². The lowest BCUT2D eigenvalue weighted by Gasteiger charge is -2.23. The standard InChI is InChI=1S/C9H20N4OS/c1-14-6-3-11-9(12-10)13-4-2-7-15-8-5-13/h2-8,10H2,1H3,(H,11,12). The molecule has 0 amide bonds. The van der Waals surface area contributed by atoms with E-state index in [1.54, 1.807) is 7.11 Å². The van der Waals surface area contributed by atoms with Gasteiger partial charge < -0.3 is 9.64 Å². The maximum Gasteiger partial charge on any atom is 0.208 e. The fourth-order valence-corrected chi connectivity index (χ4v) is 2.32. The van der Waals surface area contributed by atoms with Crippen LogP contribution in [0.5, 0.6) is 0 Å². The third kappa shape index (κ3) is 4.72. The van der Waals surface area contributed by atoms with Gasteiger partial charge >= 0.3 is 0 Å². The third-order valence-corrected chi connectivity index (χ3v) is 3.26. The number of hydrazine groups is 1. The molecular weight excluding hydrogens is 212 g/mol. The fourth-order valence-electron chi connectivity index (χ4n) is 1.44. The Bertz CT molecular complexity index is 193. The maximum absolute atomic E-state index is 5.47. The number of hydrogen-bond acceptors (Lipinski definition) is 4. The minimum absolute atomic E-state index is 0.633. The van der Waals surface area contributed by atoms with E-state index < -0.39 is 0 Å². The first-order valence-corrected chi connectivity index (χ1v) is 6.36. The summed E-state index contributed by atoms with van der Waals surface area (Å²) in [6.07, 6.45) is 1.19. The number of methoxy groups -OCH3 is 1. The normalized spacial score (nSPS) is 18.8. The molecule has 0 aromatic heterocycles. The van der Waals surface area contributed by atoms with Crippen LogP contribution in [0.4, 0.5) is 0 Å². The van der Waals surface area contributed by atoms with Crippen LogP contribution in [0, 0.1) is 0 Å². The summed E-state index contributed by atoms with van der Waals surface area (Å²) in [5.41, 5.74) is 2.67. The van der Waals surface area contributed by atoms with E-state index in [1.165, 1.54) is 12.2 Å². The number of guanidine groups is 1. The van der Waals surface area contributed by atoms with Crippen LogP contribution >= 0.6 is 11.8 Å². The van der Waals surface area contributed by atoms with Gasteiger partial charge in [0.25, 0.3) is 0 Å². The average Bonchev–Trinajstić information content (AvgIpc) is 2.53. The van der Waals surface area contributed by atoms with Gasteiger partial charge in [0.15, 0.2) is 0 Å². The SMILES string of the molecule is COCCN=C(NN)N1CCCSCC1. The Balaban J connectivity index is 2.43. The molecule has 1 fully saturated rings. The molecule has 1 rings (SSSR count). The zero-order chi connectivity index (χ0) is 10.9. The number of nitrogens with one attached hydrogen (secondary N) is 1. The van der Waals surface area contributed by atoms with Crippen molar-refractivity contribution in [3.8, 4) is 0 Å². The van der Waals surface area contributed by atoms with Crippen LogP contribution in [0.1, 0.15) is 6.42 Å². The molecule has 0 radical (unpaired) electrons. The molecule has 1 heterocycles. The molecule has 6 heteroatoms. The summed E-state index contributed by atoms with van der Waals surface area (Å²) >= 11 is 1.99. The number of rotatable bonds is 3. The van der Waals surface area contributed by atoms with Crippen molar-refractivity contribution in [2.45, 2.75) is 6.42 Å². The molecule has 3 N–H and O–H groups in total. The van der Waals surface area contributed by atoms with E-state index in [4.69, 9.17) is 10.6 Å². The van der Waals surface area contributed by atoms with Crippen LogP contribution in [0.3, 0.4) is 0 Å². The Labute approximate surface area is 95.4 Å². The van der Waals surface area contributed by atoms with E-state index in [-0.39, 0.29) is 0 Å². The Morgan fingerprint density at radius 3 is 3.13 bits per heavy atom. The average molecular weight is 232 g/mol. The molecule has 88 valence electrons. The van der Waals surface area contributed by atoms with Crippen LogP contribution < -0.4 is 11.3 Å². The molecular formula is C9H20N4OS. The Hall–Kier alpha value is -0.460. The minimum Gasteiger partial charge on any atom is -0.383 e. The Morgan fingerprint density at radius 1 is 1.53 bits per heavy atom. The van der Waals surface area contributed by atoms with Crippen LogP contribution in [-0.2, 0) is 4.74 Å². The van der Waals surface area contributed by atoms with E-state index >= 15 is 0 Å². The molecule has 1 aliphatic heterocycles. The van der Waals surface area contributed by atoms with Gasteiger partial charge in [-0.3, -0.25) is 5.43 Å². The van der Waals surface area contributed by atoms with Crippen molar-refractivity contribution in [3.63, 3.8) is 0 Å². The molecule has 0 aromatic carbocycles. The van der Waals surface area contributed by atoms with Gasteiger partial charge in [-0.25, -0.2) is 10.8 Å². The summed E-state index contributed by atoms with van der Waals surface area (Å²) < 4.78 is 4.95. The zero-order valence-corrected chi connectivity index (χ0v) is 10.1. The van der Waals surface area contributed by atoms with Gasteiger partial charge in [-0.05, 0) is 12.2 Å². The predicted molar refractivity (Wildman–Crippen MR) is 65.0 cm³/mol. The van der Waals surface area contributed by atoms with E-state index in [2.05, 4.69) is 15.3 Å². The van der Waals surface area contributed by atoms with E-state index in [0.717, 1.165) is 24.8 Å². The highest BCUT2D eigenvalue weighted by molar-refractivity contribution is 7.99. The van der Waals surface area contributed by atoms with Gasteiger partial charge in [-0.2, -0.15) is 11.8 Å². The number of hydrogen-bond donors (Lipinski definition) is 2. The van der Waals surface area contributed by atoms with Crippen molar-refractivity contribution >= 4 is 17.7 Å². The summed E-state index contributed by atoms with van der Waals surface area (Å²) in [5.74, 6) is 8.63. The van der Waals surface area contributed by atoms with Crippen molar-refractivity contribution in [3.05, 3.63) is 0 Å². The first kappa shape index (κ1) is 12.6. The van der Waals surface area contributed by atoms with Gasteiger partial charge in [0.2, 0.25) is 5.96 Å². The Kier molecular flexibility index (Phi) is 6.54. The molecule has 1 aliphatic rings. The van der Waals surface area contributed by atoms with Crippen LogP contribution in [0.15, 0.2) is 4.99 Å². The molecule has 5 nitrogen and oxygen atoms in total. The second kappa shape index (κ2) is 7.78. The van der Waals surface area contributed by atoms with E-state index in [9.17, 15) is 0 Å². The number of nitrogens with zero attached hydrogens (tertiary/aromatic N) is 2. The fraction of sp³-hybridized carbons (Fsp3) is 0.889. The van der Waals surface area contributed by atoms with Crippen LogP contribution in [0.2, 0.25) is 0 Å². The molecule has 0 aliphatic carbocycles. The number of thioether (sulfide) groups is 1.